The van der Waals surface area contributed by atoms with Crippen molar-refractivity contribution in [2.75, 3.05) is 32.8 Å². The lowest BCUT2D eigenvalue weighted by Crippen LogP contribution is -2.66. The van der Waals surface area contributed by atoms with Crippen LogP contribution >= 0.6 is 0 Å². The lowest BCUT2D eigenvalue weighted by molar-refractivity contribution is -0.146. The molecule has 5 aliphatic rings. The highest BCUT2D eigenvalue weighted by Gasteiger charge is 2.62. The molecule has 2 saturated heterocycles. The van der Waals surface area contributed by atoms with Crippen molar-refractivity contribution in [3.63, 3.8) is 0 Å². The van der Waals surface area contributed by atoms with Crippen LogP contribution in [0.2, 0.25) is 0 Å². The minimum Gasteiger partial charge on any atom is -0.445 e. The van der Waals surface area contributed by atoms with Crippen LogP contribution < -0.4 is 15.4 Å². The predicted octanol–water partition coefficient (Wildman–Crippen LogP) is 2.88. The molecule has 3 N–H and O–H groups in total. The van der Waals surface area contributed by atoms with E-state index >= 15 is 0 Å². The molecule has 4 fully saturated rings. The summed E-state index contributed by atoms with van der Waals surface area (Å²) in [5.41, 5.74) is -0.763. The number of fused-ring (bicyclic) bond motifs is 3. The van der Waals surface area contributed by atoms with E-state index in [1.165, 1.54) is 9.80 Å². The number of allylic oxidation sites excluding steroid dienone is 1. The maximum Gasteiger partial charge on any atom is 0.410 e. The predicted molar refractivity (Wildman–Crippen MR) is 195 cm³/mol. The van der Waals surface area contributed by atoms with Crippen LogP contribution in [0.25, 0.3) is 10.8 Å². The van der Waals surface area contributed by atoms with Gasteiger partial charge in [0.05, 0.1) is 25.0 Å². The van der Waals surface area contributed by atoms with Crippen LogP contribution in [0.3, 0.4) is 0 Å². The van der Waals surface area contributed by atoms with Gasteiger partial charge in [-0.15, -0.1) is 0 Å². The van der Waals surface area contributed by atoms with Crippen LogP contribution in [0, 0.1) is 5.92 Å². The summed E-state index contributed by atoms with van der Waals surface area (Å²) in [6.07, 6.45) is 6.54. The molecule has 3 aliphatic heterocycles. The second-order valence-electron chi connectivity index (χ2n) is 14.8. The van der Waals surface area contributed by atoms with Crippen molar-refractivity contribution in [2.45, 2.75) is 93.4 Å². The number of hydrogen-bond donors (Lipinski definition) is 3. The van der Waals surface area contributed by atoms with Crippen molar-refractivity contribution in [3.05, 3.63) is 60.2 Å². The topological polar surface area (TPSA) is 190 Å². The monoisotopic (exact) mass is 765 g/mol. The fraction of sp³-hybridized carbons (Fsp3) is 0.553. The molecule has 15 nitrogen and oxygen atoms in total. The van der Waals surface area contributed by atoms with Gasteiger partial charge in [-0.25, -0.2) is 18.0 Å². The maximum atomic E-state index is 14.4. The molecular formula is C38H47N5O10S. The highest BCUT2D eigenvalue weighted by atomic mass is 32.2. The number of nitrogens with zero attached hydrogens (tertiary/aromatic N) is 2. The number of carbonyl (C=O) groups is 5. The summed E-state index contributed by atoms with van der Waals surface area (Å²) < 4.78 is 44.4. The lowest BCUT2D eigenvalue weighted by atomic mass is 10.0. The zero-order chi connectivity index (χ0) is 37.9. The first kappa shape index (κ1) is 37.6. The highest BCUT2D eigenvalue weighted by molar-refractivity contribution is 7.91. The van der Waals surface area contributed by atoms with Crippen molar-refractivity contribution in [1.29, 1.82) is 0 Å². The third-order valence-electron chi connectivity index (χ3n) is 10.9. The Bertz CT molecular complexity index is 1910. The van der Waals surface area contributed by atoms with Crippen LogP contribution in [0.5, 0.6) is 0 Å². The Kier molecular flexibility index (Phi) is 11.1. The van der Waals surface area contributed by atoms with Crippen molar-refractivity contribution < 1.29 is 46.6 Å². The molecule has 290 valence electrons. The average molecular weight is 766 g/mol. The van der Waals surface area contributed by atoms with Crippen molar-refractivity contribution in [2.24, 2.45) is 5.92 Å². The summed E-state index contributed by atoms with van der Waals surface area (Å²) in [4.78, 5) is 71.7. The van der Waals surface area contributed by atoms with Gasteiger partial charge in [-0.1, -0.05) is 67.5 Å². The summed E-state index contributed by atoms with van der Waals surface area (Å²) in [5, 5.41) is 6.80. The van der Waals surface area contributed by atoms with Gasteiger partial charge < -0.3 is 34.6 Å². The standard InChI is InChI=1S/C38H47N5O10S/c44-33-32-22-42(37(48)52-23-26-11-8-10-25-9-6-7-13-30(25)26)18-19-43(32)34(45)31(39-36(47)53-28-17-20-51-24-28)14-5-3-1-2-4-12-27-21-38(27,40-33)35(46)41-54(49,50)29-15-16-29/h4,6-13,27-29,31-32H,1-3,5,14-24H2,(H,39,47)(H,40,44)(H,41,46)/b12-4+/t27?,28?,31-,32-,38-/m0/s1. The number of nitrogens with one attached hydrogen (secondary N) is 3. The molecule has 0 aromatic heterocycles. The van der Waals surface area contributed by atoms with Gasteiger partial charge in [-0.3, -0.25) is 19.1 Å². The van der Waals surface area contributed by atoms with Gasteiger partial charge in [-0.05, 0) is 54.9 Å². The highest BCUT2D eigenvalue weighted by Crippen LogP contribution is 2.46. The van der Waals surface area contributed by atoms with E-state index in [0.29, 0.717) is 38.7 Å². The number of piperazine rings is 1. The van der Waals surface area contributed by atoms with E-state index in [2.05, 4.69) is 15.4 Å². The van der Waals surface area contributed by atoms with Crippen LogP contribution in [-0.4, -0.2) is 110 Å². The minimum absolute atomic E-state index is 0.0247. The average Bonchev–Trinajstić information content (AvgIpc) is 4.08. The molecule has 3 heterocycles. The molecule has 16 heteroatoms. The van der Waals surface area contributed by atoms with E-state index in [1.54, 1.807) is 0 Å². The first-order valence-electron chi connectivity index (χ1n) is 18.8. The normalized spacial score (nSPS) is 28.4. The summed E-state index contributed by atoms with van der Waals surface area (Å²) in [6, 6.07) is 11.1. The molecule has 2 aromatic rings. The number of sulfonamides is 1. The van der Waals surface area contributed by atoms with Gasteiger partial charge in [0.25, 0.3) is 5.91 Å². The molecule has 0 spiro atoms. The zero-order valence-electron chi connectivity index (χ0n) is 30.1. The Balaban J connectivity index is 1.13. The Hall–Kier alpha value is -4.70. The van der Waals surface area contributed by atoms with Crippen LogP contribution in [0.1, 0.15) is 63.4 Å². The quantitative estimate of drug-likeness (QED) is 0.354. The largest absolute Gasteiger partial charge is 0.445 e. The Labute approximate surface area is 314 Å². The van der Waals surface area contributed by atoms with E-state index in [-0.39, 0.29) is 45.7 Å². The number of alkyl carbamates (subject to hydrolysis) is 1. The van der Waals surface area contributed by atoms with E-state index in [1.807, 2.05) is 54.6 Å². The van der Waals surface area contributed by atoms with E-state index in [4.69, 9.17) is 14.2 Å². The summed E-state index contributed by atoms with van der Waals surface area (Å²) >= 11 is 0. The molecule has 5 amide bonds. The maximum absolute atomic E-state index is 14.4. The van der Waals surface area contributed by atoms with Crippen LogP contribution in [-0.2, 0) is 45.2 Å². The van der Waals surface area contributed by atoms with Gasteiger partial charge in [0, 0.05) is 25.4 Å². The van der Waals surface area contributed by atoms with E-state index in [9.17, 15) is 32.4 Å². The molecule has 2 saturated carbocycles. The SMILES string of the molecule is O=C(N[C@H]1CCCCC/C=C/C2C[C@]2(C(=O)NS(=O)(=O)C2CC2)NC(=O)[C@@H]2CN(C(=O)OCc3cccc4ccccc34)CCN2C1=O)OC1CCOC1. The van der Waals surface area contributed by atoms with Gasteiger partial charge in [0.2, 0.25) is 21.8 Å². The zero-order valence-corrected chi connectivity index (χ0v) is 30.9. The first-order valence-corrected chi connectivity index (χ1v) is 20.4. The van der Waals surface area contributed by atoms with E-state index in [0.717, 1.165) is 29.2 Å². The number of ether oxygens (including phenoxy) is 3. The summed E-state index contributed by atoms with van der Waals surface area (Å²) in [7, 11) is -3.92. The molecule has 5 atom stereocenters. The third-order valence-corrected chi connectivity index (χ3v) is 12.7. The van der Waals surface area contributed by atoms with Gasteiger partial charge >= 0.3 is 12.2 Å². The summed E-state index contributed by atoms with van der Waals surface area (Å²) in [5.74, 6) is -2.57. The second kappa shape index (κ2) is 16.0. The minimum atomic E-state index is -3.92. The Morgan fingerprint density at radius 3 is 2.59 bits per heavy atom. The molecular weight excluding hydrogens is 719 g/mol. The fourth-order valence-electron chi connectivity index (χ4n) is 7.49. The smallest absolute Gasteiger partial charge is 0.410 e. The molecule has 2 aliphatic carbocycles. The lowest BCUT2D eigenvalue weighted by Gasteiger charge is -2.41. The van der Waals surface area contributed by atoms with Gasteiger partial charge in [0.1, 0.15) is 30.3 Å². The molecule has 7 rings (SSSR count). The molecule has 2 aromatic carbocycles. The Morgan fingerprint density at radius 2 is 1.80 bits per heavy atom. The number of amides is 5. The Morgan fingerprint density at radius 1 is 0.981 bits per heavy atom. The molecule has 2 unspecified atom stereocenters. The van der Waals surface area contributed by atoms with E-state index < -0.39 is 74.8 Å². The van der Waals surface area contributed by atoms with Gasteiger partial charge in [0.15, 0.2) is 0 Å². The van der Waals surface area contributed by atoms with Crippen molar-refractivity contribution >= 4 is 50.7 Å². The number of benzene rings is 2. The molecule has 54 heavy (non-hydrogen) atoms. The number of carbonyl (C=O) groups excluding carboxylic acids is 5. The van der Waals surface area contributed by atoms with Crippen LogP contribution in [0.4, 0.5) is 9.59 Å². The van der Waals surface area contributed by atoms with Crippen molar-refractivity contribution in [1.82, 2.24) is 25.2 Å². The summed E-state index contributed by atoms with van der Waals surface area (Å²) in [6.45, 7) is 0.412. The van der Waals surface area contributed by atoms with Crippen LogP contribution in [0.15, 0.2) is 54.6 Å². The fourth-order valence-corrected chi connectivity index (χ4v) is 8.86. The molecule has 0 bridgehead atoms. The van der Waals surface area contributed by atoms with Crippen molar-refractivity contribution in [3.8, 4) is 0 Å². The third kappa shape index (κ3) is 8.49. The number of rotatable bonds is 7. The first-order chi connectivity index (χ1) is 26.0. The molecule has 0 radical (unpaired) electrons. The van der Waals surface area contributed by atoms with Gasteiger partial charge in [-0.2, -0.15) is 0 Å². The second-order valence-corrected chi connectivity index (χ2v) is 16.7. The number of hydrogen-bond acceptors (Lipinski definition) is 10.